The number of anilines is 1. The van der Waals surface area contributed by atoms with E-state index in [9.17, 15) is 33.6 Å². The Kier molecular flexibility index (Phi) is 28.3. The van der Waals surface area contributed by atoms with E-state index >= 15 is 0 Å². The molecular weight excluding hydrogens is 814 g/mol. The highest BCUT2D eigenvalue weighted by Gasteiger charge is 2.24. The first-order valence-corrected chi connectivity index (χ1v) is 20.6. The number of amides is 7. The van der Waals surface area contributed by atoms with Crippen LogP contribution in [0, 0.1) is 17.8 Å². The average molecular weight is 878 g/mol. The number of nitrogens with two attached hydrogens (primary N) is 1. The Morgan fingerprint density at radius 1 is 0.710 bits per heavy atom. The van der Waals surface area contributed by atoms with Crippen LogP contribution < -0.4 is 37.6 Å². The van der Waals surface area contributed by atoms with Crippen LogP contribution in [-0.4, -0.2) is 146 Å². The Balaban J connectivity index is 1.46. The number of nitrogens with one attached hydrogen (secondary N) is 6. The molecule has 346 valence electrons. The van der Waals surface area contributed by atoms with Crippen LogP contribution >= 0.6 is 0 Å². The van der Waals surface area contributed by atoms with Crippen LogP contribution in [0.25, 0.3) is 0 Å². The molecule has 1 aromatic rings. The van der Waals surface area contributed by atoms with Crippen LogP contribution in [0.5, 0.6) is 0 Å². The van der Waals surface area contributed by atoms with E-state index in [-0.39, 0.29) is 83.1 Å². The van der Waals surface area contributed by atoms with Gasteiger partial charge in [-0.05, 0) is 42.9 Å². The first-order valence-electron chi connectivity index (χ1n) is 20.6. The molecule has 0 fully saturated rings. The minimum Gasteiger partial charge on any atom is -0.445 e. The Morgan fingerprint density at radius 2 is 1.37 bits per heavy atom. The van der Waals surface area contributed by atoms with Crippen LogP contribution in [0.2, 0.25) is 0 Å². The van der Waals surface area contributed by atoms with Crippen LogP contribution in [0.15, 0.2) is 24.3 Å². The molecule has 0 saturated heterocycles. The summed E-state index contributed by atoms with van der Waals surface area (Å²) in [6, 6.07) is 5.51. The predicted molar refractivity (Wildman–Crippen MR) is 223 cm³/mol. The summed E-state index contributed by atoms with van der Waals surface area (Å²) >= 11 is 0. The first-order chi connectivity index (χ1) is 29.9. The highest BCUT2D eigenvalue weighted by molar-refractivity contribution is 5.96. The largest absolute Gasteiger partial charge is 0.445 e. The zero-order valence-electron chi connectivity index (χ0n) is 35.7. The van der Waals surface area contributed by atoms with Gasteiger partial charge in [0.1, 0.15) is 45.2 Å². The Hall–Kier alpha value is -5.37. The quantitative estimate of drug-likeness (QED) is 0.0276. The van der Waals surface area contributed by atoms with Crippen LogP contribution in [0.4, 0.5) is 10.5 Å². The molecule has 0 saturated carbocycles. The van der Waals surface area contributed by atoms with Gasteiger partial charge in [-0.1, -0.05) is 38.3 Å². The maximum absolute atomic E-state index is 12.8. The minimum absolute atomic E-state index is 0.0179. The normalized spacial score (nSPS) is 13.9. The van der Waals surface area contributed by atoms with Crippen molar-refractivity contribution >= 4 is 47.2 Å². The van der Waals surface area contributed by atoms with Gasteiger partial charge in [0.15, 0.2) is 0 Å². The summed E-state index contributed by atoms with van der Waals surface area (Å²) in [6.07, 6.45) is 4.04. The molecule has 1 aliphatic rings. The lowest BCUT2D eigenvalue weighted by molar-refractivity contribution is -0.131. The maximum atomic E-state index is 12.8. The average Bonchev–Trinajstić information content (AvgIpc) is 3.23. The monoisotopic (exact) mass is 877 g/mol. The van der Waals surface area contributed by atoms with Crippen LogP contribution in [-0.2, 0) is 68.5 Å². The topological polar surface area (TPSA) is 282 Å². The van der Waals surface area contributed by atoms with Gasteiger partial charge >= 0.3 is 6.09 Å². The molecule has 8 N–H and O–H groups in total. The molecule has 2 atom stereocenters. The van der Waals surface area contributed by atoms with Crippen molar-refractivity contribution in [3.8, 4) is 11.8 Å². The van der Waals surface area contributed by atoms with E-state index in [1.165, 1.54) is 0 Å². The molecular formula is C41H63N7O14. The minimum atomic E-state index is -0.876. The summed E-state index contributed by atoms with van der Waals surface area (Å²) in [5.74, 6) is 3.05. The van der Waals surface area contributed by atoms with Gasteiger partial charge in [0.25, 0.3) is 0 Å². The van der Waals surface area contributed by atoms with E-state index < -0.39 is 35.8 Å². The van der Waals surface area contributed by atoms with E-state index in [1.807, 2.05) is 0 Å². The Labute approximate surface area is 362 Å². The van der Waals surface area contributed by atoms with Gasteiger partial charge in [-0.25, -0.2) is 4.79 Å². The summed E-state index contributed by atoms with van der Waals surface area (Å²) in [5.41, 5.74) is 5.94. The summed E-state index contributed by atoms with van der Waals surface area (Å²) in [5, 5.41) is 15.2. The second-order valence-corrected chi connectivity index (χ2v) is 14.0. The zero-order valence-corrected chi connectivity index (χ0v) is 35.7. The van der Waals surface area contributed by atoms with Crippen molar-refractivity contribution in [3.05, 3.63) is 29.8 Å². The molecule has 2 unspecified atom stereocenters. The van der Waals surface area contributed by atoms with Gasteiger partial charge in [0, 0.05) is 25.1 Å². The van der Waals surface area contributed by atoms with Crippen molar-refractivity contribution in [2.24, 2.45) is 11.7 Å². The lowest BCUT2D eigenvalue weighted by Crippen LogP contribution is -2.51. The number of alkyl carbamates (subject to hydrolysis) is 1. The molecule has 0 spiro atoms. The lowest BCUT2D eigenvalue weighted by Gasteiger charge is -2.21. The molecule has 7 amide bonds. The van der Waals surface area contributed by atoms with Gasteiger partial charge in [0.2, 0.25) is 35.4 Å². The number of ether oxygens (including phenoxy) is 7. The van der Waals surface area contributed by atoms with Crippen molar-refractivity contribution in [2.45, 2.75) is 71.1 Å². The van der Waals surface area contributed by atoms with Crippen molar-refractivity contribution < 1.29 is 66.7 Å². The fourth-order valence-electron chi connectivity index (χ4n) is 5.17. The maximum Gasteiger partial charge on any atom is 0.407 e. The molecule has 21 heteroatoms. The van der Waals surface area contributed by atoms with Crippen LogP contribution in [0.3, 0.4) is 0 Å². The van der Waals surface area contributed by atoms with E-state index in [2.05, 4.69) is 43.7 Å². The SMILES string of the molecule is CC(C)C(NC(=O)CCOCCOCCOCCOCCNC(=O)COC1C#CCCCCC1)C(=O)NCC(=O)Nc1ccc(COC(=O)NCC(=O)NCOCC(N)=O)cc1. The van der Waals surface area contributed by atoms with Crippen molar-refractivity contribution in [1.29, 1.82) is 0 Å². The third-order valence-corrected chi connectivity index (χ3v) is 8.41. The molecule has 1 aliphatic carbocycles. The number of hydrogen-bond acceptors (Lipinski definition) is 14. The van der Waals surface area contributed by atoms with Gasteiger partial charge in [-0.3, -0.25) is 28.8 Å². The highest BCUT2D eigenvalue weighted by Crippen LogP contribution is 2.12. The third-order valence-electron chi connectivity index (χ3n) is 8.41. The molecule has 21 nitrogen and oxygen atoms in total. The van der Waals surface area contributed by atoms with E-state index in [4.69, 9.17) is 38.9 Å². The predicted octanol–water partition coefficient (Wildman–Crippen LogP) is -0.391. The second kappa shape index (κ2) is 33.3. The second-order valence-electron chi connectivity index (χ2n) is 14.0. The third kappa shape index (κ3) is 27.5. The summed E-state index contributed by atoms with van der Waals surface area (Å²) in [4.78, 5) is 84.0. The number of primary amides is 1. The van der Waals surface area contributed by atoms with Gasteiger partial charge in [-0.2, -0.15) is 0 Å². The van der Waals surface area contributed by atoms with Crippen molar-refractivity contribution in [1.82, 2.24) is 26.6 Å². The summed E-state index contributed by atoms with van der Waals surface area (Å²) in [7, 11) is 0. The number of rotatable bonds is 32. The van der Waals surface area contributed by atoms with Gasteiger partial charge < -0.3 is 70.8 Å². The molecule has 2 rings (SSSR count). The number of hydrogen-bond donors (Lipinski definition) is 7. The Morgan fingerprint density at radius 3 is 2.05 bits per heavy atom. The zero-order chi connectivity index (χ0) is 45.2. The summed E-state index contributed by atoms with van der Waals surface area (Å²) in [6.45, 7) is 4.95. The number of carbonyl (C=O) groups is 7. The van der Waals surface area contributed by atoms with Crippen molar-refractivity contribution in [2.75, 3.05) is 97.8 Å². The van der Waals surface area contributed by atoms with Crippen LogP contribution in [0.1, 0.15) is 57.9 Å². The highest BCUT2D eigenvalue weighted by atomic mass is 16.6. The molecule has 62 heavy (non-hydrogen) atoms. The van der Waals surface area contributed by atoms with E-state index in [1.54, 1.807) is 38.1 Å². The van der Waals surface area contributed by atoms with Gasteiger partial charge in [-0.15, -0.1) is 5.92 Å². The number of benzene rings is 1. The molecule has 0 radical (unpaired) electrons. The first kappa shape index (κ1) is 52.8. The lowest BCUT2D eigenvalue weighted by atomic mass is 10.0. The summed E-state index contributed by atoms with van der Waals surface area (Å²) < 4.78 is 37.3. The molecule has 0 bridgehead atoms. The number of carbonyl (C=O) groups excluding carboxylic acids is 7. The molecule has 1 aromatic carbocycles. The van der Waals surface area contributed by atoms with Gasteiger partial charge in [0.05, 0.1) is 59.4 Å². The van der Waals surface area contributed by atoms with E-state index in [0.717, 1.165) is 32.1 Å². The van der Waals surface area contributed by atoms with Crippen molar-refractivity contribution in [3.63, 3.8) is 0 Å². The smallest absolute Gasteiger partial charge is 0.407 e. The molecule has 0 aliphatic heterocycles. The fraction of sp³-hybridized carbons (Fsp3) is 0.634. The molecule has 0 aromatic heterocycles. The molecule has 0 heterocycles. The Bertz CT molecular complexity index is 1590. The van der Waals surface area contributed by atoms with E-state index in [0.29, 0.717) is 57.4 Å². The fourth-order valence-corrected chi connectivity index (χ4v) is 5.17. The standard InChI is InChI=1S/C41H63N7O14/c1-30(2)39(40(54)44-25-37(52)47-32-12-10-31(11-13-32)26-62-41(55)45-24-36(51)46-29-60-27-34(42)49)48-35(50)14-16-56-18-20-58-22-23-59-21-19-57-17-15-43-38(53)28-61-33-8-6-4-3-5-7-9-33/h10-13,30,33,39H,3-6,8,14-29H2,1-2H3,(H2,42,49)(H,43,53)(H,44,54)(H,45,55)(H,46,51)(H,47,52)(H,48,50).